The van der Waals surface area contributed by atoms with Crippen LogP contribution in [-0.2, 0) is 11.2 Å². The third-order valence-corrected chi connectivity index (χ3v) is 2.45. The number of rotatable bonds is 5. The van der Waals surface area contributed by atoms with Crippen molar-refractivity contribution in [2.24, 2.45) is 0 Å². The summed E-state index contributed by atoms with van der Waals surface area (Å²) in [6.07, 6.45) is -0.673. The van der Waals surface area contributed by atoms with Crippen LogP contribution in [0.5, 0.6) is 0 Å². The van der Waals surface area contributed by atoms with Crippen LogP contribution in [-0.4, -0.2) is 17.0 Å². The summed E-state index contributed by atoms with van der Waals surface area (Å²) >= 11 is 0. The molecule has 1 N–H and O–H groups in total. The van der Waals surface area contributed by atoms with Gasteiger partial charge < -0.3 is 15.0 Å². The molecule has 0 aliphatic heterocycles. The predicted molar refractivity (Wildman–Crippen MR) is 55.4 cm³/mol. The molecule has 1 aromatic carbocycles. The van der Waals surface area contributed by atoms with Gasteiger partial charge in [0.1, 0.15) is 12.1 Å². The van der Waals surface area contributed by atoms with Gasteiger partial charge in [0.05, 0.1) is 0 Å². The quantitative estimate of drug-likeness (QED) is 0.841. The van der Waals surface area contributed by atoms with Gasteiger partial charge in [-0.2, -0.15) is 8.78 Å². The van der Waals surface area contributed by atoms with Gasteiger partial charge in [-0.15, -0.1) is 0 Å². The minimum atomic E-state index is -4.29. The highest BCUT2D eigenvalue weighted by Gasteiger charge is 2.41. The normalized spacial score (nSPS) is 13.4. The fraction of sp³-hybridized carbons (Fsp3) is 0.417. The van der Waals surface area contributed by atoms with Gasteiger partial charge in [-0.05, 0) is 17.5 Å². The second kappa shape index (κ2) is 5.23. The molecule has 17 heavy (non-hydrogen) atoms. The first-order valence-corrected chi connectivity index (χ1v) is 5.25. The Kier molecular flexibility index (Phi) is 4.17. The Morgan fingerprint density at radius 1 is 1.41 bits per heavy atom. The molecule has 0 saturated carbocycles. The van der Waals surface area contributed by atoms with Crippen LogP contribution in [0.2, 0.25) is 0 Å². The van der Waals surface area contributed by atoms with Crippen molar-refractivity contribution in [3.05, 3.63) is 35.4 Å². The van der Waals surface area contributed by atoms with Crippen molar-refractivity contribution in [2.45, 2.75) is 31.8 Å². The lowest BCUT2D eigenvalue weighted by Gasteiger charge is -2.23. The molecule has 0 spiro atoms. The second-order valence-electron chi connectivity index (χ2n) is 3.80. The molecular formula is C12H13F2O3-. The Hall–Kier alpha value is -1.49. The van der Waals surface area contributed by atoms with Crippen LogP contribution in [0.25, 0.3) is 0 Å². The van der Waals surface area contributed by atoms with Gasteiger partial charge in [0, 0.05) is 0 Å². The van der Waals surface area contributed by atoms with Gasteiger partial charge in [0.2, 0.25) is 0 Å². The number of aryl methyl sites for hydroxylation is 1. The van der Waals surface area contributed by atoms with Crippen LogP contribution in [0.1, 0.15) is 30.6 Å². The van der Waals surface area contributed by atoms with Crippen LogP contribution in [0.15, 0.2) is 24.3 Å². The smallest absolute Gasteiger partial charge is 0.316 e. The molecule has 0 aliphatic carbocycles. The van der Waals surface area contributed by atoms with Crippen LogP contribution >= 0.6 is 0 Å². The van der Waals surface area contributed by atoms with Gasteiger partial charge in [0.25, 0.3) is 0 Å². The molecule has 3 nitrogen and oxygen atoms in total. The monoisotopic (exact) mass is 243 g/mol. The molecule has 0 bridgehead atoms. The van der Waals surface area contributed by atoms with Gasteiger partial charge in [-0.1, -0.05) is 37.6 Å². The van der Waals surface area contributed by atoms with Crippen LogP contribution in [0.3, 0.4) is 0 Å². The first-order chi connectivity index (χ1) is 7.89. The predicted octanol–water partition coefficient (Wildman–Crippen LogP) is 1.06. The summed E-state index contributed by atoms with van der Waals surface area (Å²) < 4.78 is 25.9. The zero-order valence-electron chi connectivity index (χ0n) is 9.32. The highest BCUT2D eigenvalue weighted by Crippen LogP contribution is 2.30. The fourth-order valence-electron chi connectivity index (χ4n) is 1.48. The topological polar surface area (TPSA) is 60.4 Å². The number of aliphatic carboxylic acids is 1. The number of carboxylic acids is 1. The zero-order chi connectivity index (χ0) is 13.1. The number of carboxylic acid groups (broad SMARTS) is 1. The molecule has 1 unspecified atom stereocenters. The summed E-state index contributed by atoms with van der Waals surface area (Å²) in [6.45, 7) is 1.98. The number of hydrogen-bond acceptors (Lipinski definition) is 3. The summed E-state index contributed by atoms with van der Waals surface area (Å²) in [5, 5.41) is 19.5. The lowest BCUT2D eigenvalue weighted by Crippen LogP contribution is -2.45. The molecule has 1 atom stereocenters. The van der Waals surface area contributed by atoms with E-state index in [0.29, 0.717) is 0 Å². The van der Waals surface area contributed by atoms with Crippen molar-refractivity contribution in [3.8, 4) is 0 Å². The number of carbonyl (C=O) groups excluding carboxylic acids is 1. The van der Waals surface area contributed by atoms with E-state index < -0.39 is 18.0 Å². The highest BCUT2D eigenvalue weighted by atomic mass is 19.3. The molecule has 0 saturated heterocycles. The summed E-state index contributed by atoms with van der Waals surface area (Å²) in [5.41, 5.74) is 0.805. The maximum atomic E-state index is 13.0. The van der Waals surface area contributed by atoms with Crippen LogP contribution in [0, 0.1) is 0 Å². The molecular weight excluding hydrogens is 230 g/mol. The molecule has 1 aromatic rings. The average molecular weight is 243 g/mol. The third-order valence-electron chi connectivity index (χ3n) is 2.45. The molecule has 0 fully saturated rings. The molecule has 5 heteroatoms. The first kappa shape index (κ1) is 13.6. The summed E-state index contributed by atoms with van der Waals surface area (Å²) in [4.78, 5) is 10.2. The summed E-state index contributed by atoms with van der Waals surface area (Å²) in [7, 11) is 0. The van der Waals surface area contributed by atoms with Crippen molar-refractivity contribution in [1.82, 2.24) is 0 Å². The maximum absolute atomic E-state index is 13.0. The van der Waals surface area contributed by atoms with Crippen molar-refractivity contribution in [2.75, 3.05) is 0 Å². The number of benzene rings is 1. The van der Waals surface area contributed by atoms with Crippen molar-refractivity contribution in [3.63, 3.8) is 0 Å². The highest BCUT2D eigenvalue weighted by molar-refractivity contribution is 5.74. The molecule has 0 aromatic heterocycles. The standard InChI is InChI=1S/C12H14F2O3/c1-2-3-8-4-6-9(7-5-8)10(15)12(13,14)11(16)17/h4-7,10,15H,2-3H2,1H3,(H,16,17)/p-1. The number of halogens is 2. The number of alkyl halides is 2. The number of aliphatic hydroxyl groups is 1. The lowest BCUT2D eigenvalue weighted by molar-refractivity contribution is -0.336. The van der Waals surface area contributed by atoms with E-state index in [0.717, 1.165) is 18.4 Å². The van der Waals surface area contributed by atoms with E-state index in [1.807, 2.05) is 6.92 Å². The minimum absolute atomic E-state index is 0.140. The van der Waals surface area contributed by atoms with Gasteiger partial charge in [0.15, 0.2) is 0 Å². The number of hydrogen-bond donors (Lipinski definition) is 1. The lowest BCUT2D eigenvalue weighted by atomic mass is 10.0. The average Bonchev–Trinajstić information content (AvgIpc) is 2.29. The Bertz CT molecular complexity index is 387. The van der Waals surface area contributed by atoms with Gasteiger partial charge in [-0.25, -0.2) is 0 Å². The minimum Gasteiger partial charge on any atom is -0.544 e. The number of carbonyl (C=O) groups is 1. The molecule has 0 aliphatic rings. The Balaban J connectivity index is 2.90. The maximum Gasteiger partial charge on any atom is 0.316 e. The van der Waals surface area contributed by atoms with Crippen LogP contribution < -0.4 is 5.11 Å². The Morgan fingerprint density at radius 2 is 1.94 bits per heavy atom. The fourth-order valence-corrected chi connectivity index (χ4v) is 1.48. The molecule has 94 valence electrons. The van der Waals surface area contributed by atoms with E-state index in [-0.39, 0.29) is 5.56 Å². The van der Waals surface area contributed by atoms with E-state index in [2.05, 4.69) is 0 Å². The molecule has 0 amide bonds. The largest absolute Gasteiger partial charge is 0.544 e. The molecule has 0 heterocycles. The Morgan fingerprint density at radius 3 is 2.35 bits per heavy atom. The van der Waals surface area contributed by atoms with Crippen molar-refractivity contribution in [1.29, 1.82) is 0 Å². The second-order valence-corrected chi connectivity index (χ2v) is 3.80. The Labute approximate surface area is 97.7 Å². The van der Waals surface area contributed by atoms with E-state index in [1.54, 1.807) is 12.1 Å². The third kappa shape index (κ3) is 3.00. The van der Waals surface area contributed by atoms with Gasteiger partial charge in [-0.3, -0.25) is 0 Å². The first-order valence-electron chi connectivity index (χ1n) is 5.25. The van der Waals surface area contributed by atoms with Crippen molar-refractivity contribution < 1.29 is 23.8 Å². The molecule has 0 radical (unpaired) electrons. The summed E-state index contributed by atoms with van der Waals surface area (Å²) in [6, 6.07) is 5.78. The van der Waals surface area contributed by atoms with E-state index >= 15 is 0 Å². The van der Waals surface area contributed by atoms with Gasteiger partial charge >= 0.3 is 5.92 Å². The van der Waals surface area contributed by atoms with E-state index in [9.17, 15) is 23.8 Å². The van der Waals surface area contributed by atoms with E-state index in [4.69, 9.17) is 0 Å². The van der Waals surface area contributed by atoms with E-state index in [1.165, 1.54) is 12.1 Å². The van der Waals surface area contributed by atoms with Crippen LogP contribution in [0.4, 0.5) is 8.78 Å². The summed E-state index contributed by atoms with van der Waals surface area (Å²) in [5.74, 6) is -6.87. The van der Waals surface area contributed by atoms with Crippen molar-refractivity contribution >= 4 is 5.97 Å². The number of aliphatic hydroxyl groups excluding tert-OH is 1. The zero-order valence-corrected chi connectivity index (χ0v) is 9.32. The molecule has 1 rings (SSSR count). The SMILES string of the molecule is CCCc1ccc(C(O)C(F)(F)C(=O)[O-])cc1.